The van der Waals surface area contributed by atoms with Gasteiger partial charge in [0.15, 0.2) is 0 Å². The van der Waals surface area contributed by atoms with E-state index in [2.05, 4.69) is 25.6 Å². The molecule has 4 rings (SSSR count). The number of rotatable bonds is 6. The number of fused-ring (bicyclic) bond motifs is 1. The van der Waals surface area contributed by atoms with Crippen LogP contribution in [-0.2, 0) is 4.79 Å². The standard InChI is InChI=1S/C23H29ClN6O/c1-14(30(2)3)23(31)28-17-8-6-16(7-9-17)27-21-12-15(11-20(24)29-21)19-13-26-22-18(19)5-4-10-25-22/h4-5,10-14,16-17H,6-9H2,1-3H3,(H,25,26)(H,27,29)(H,28,31)/t14-,16-,17-/m0/s1. The van der Waals surface area contributed by atoms with Crippen LogP contribution in [0.1, 0.15) is 32.6 Å². The van der Waals surface area contributed by atoms with Crippen LogP contribution in [0.3, 0.4) is 0 Å². The number of H-pyrrole nitrogens is 1. The average Bonchev–Trinajstić information content (AvgIpc) is 3.18. The summed E-state index contributed by atoms with van der Waals surface area (Å²) in [6.45, 7) is 1.93. The van der Waals surface area contributed by atoms with E-state index in [9.17, 15) is 4.79 Å². The fourth-order valence-corrected chi connectivity index (χ4v) is 4.28. The van der Waals surface area contributed by atoms with Crippen molar-refractivity contribution in [3.63, 3.8) is 0 Å². The Morgan fingerprint density at radius 2 is 1.97 bits per heavy atom. The maximum atomic E-state index is 12.3. The van der Waals surface area contributed by atoms with Crippen molar-refractivity contribution < 1.29 is 4.79 Å². The summed E-state index contributed by atoms with van der Waals surface area (Å²) in [7, 11) is 3.84. The largest absolute Gasteiger partial charge is 0.367 e. The molecule has 0 bridgehead atoms. The highest BCUT2D eigenvalue weighted by atomic mass is 35.5. The van der Waals surface area contributed by atoms with Crippen molar-refractivity contribution >= 4 is 34.4 Å². The van der Waals surface area contributed by atoms with Crippen LogP contribution in [0.2, 0.25) is 5.15 Å². The number of hydrogen-bond donors (Lipinski definition) is 3. The molecule has 3 aromatic heterocycles. The molecular weight excluding hydrogens is 412 g/mol. The Bertz CT molecular complexity index is 1060. The molecule has 3 aromatic rings. The highest BCUT2D eigenvalue weighted by Crippen LogP contribution is 2.31. The molecule has 1 saturated carbocycles. The van der Waals surface area contributed by atoms with Gasteiger partial charge in [0.05, 0.1) is 6.04 Å². The van der Waals surface area contributed by atoms with Crippen LogP contribution in [0.25, 0.3) is 22.2 Å². The highest BCUT2D eigenvalue weighted by molar-refractivity contribution is 6.29. The molecule has 0 aromatic carbocycles. The van der Waals surface area contributed by atoms with E-state index in [0.717, 1.165) is 53.7 Å². The number of anilines is 1. The zero-order valence-electron chi connectivity index (χ0n) is 18.2. The minimum Gasteiger partial charge on any atom is -0.367 e. The molecule has 0 radical (unpaired) electrons. The molecule has 1 aliphatic carbocycles. The van der Waals surface area contributed by atoms with Gasteiger partial charge in [0, 0.05) is 35.4 Å². The molecular formula is C23H29ClN6O. The molecule has 1 atom stereocenters. The molecule has 1 fully saturated rings. The van der Waals surface area contributed by atoms with Crippen LogP contribution < -0.4 is 10.6 Å². The van der Waals surface area contributed by atoms with Gasteiger partial charge in [0.1, 0.15) is 16.6 Å². The zero-order chi connectivity index (χ0) is 22.0. The van der Waals surface area contributed by atoms with Gasteiger partial charge in [-0.3, -0.25) is 9.69 Å². The minimum absolute atomic E-state index is 0.0933. The number of nitrogens with one attached hydrogen (secondary N) is 3. The summed E-state index contributed by atoms with van der Waals surface area (Å²) in [5.74, 6) is 0.866. The van der Waals surface area contributed by atoms with Gasteiger partial charge in [-0.1, -0.05) is 11.6 Å². The summed E-state index contributed by atoms with van der Waals surface area (Å²) in [5.41, 5.74) is 2.90. The fourth-order valence-electron chi connectivity index (χ4n) is 4.07. The first-order valence-corrected chi connectivity index (χ1v) is 11.1. The molecule has 0 saturated heterocycles. The van der Waals surface area contributed by atoms with E-state index in [0.29, 0.717) is 11.2 Å². The van der Waals surface area contributed by atoms with E-state index in [-0.39, 0.29) is 18.0 Å². The lowest BCUT2D eigenvalue weighted by molar-refractivity contribution is -0.125. The number of aromatic amines is 1. The molecule has 0 unspecified atom stereocenters. The lowest BCUT2D eigenvalue weighted by Crippen LogP contribution is -2.47. The van der Waals surface area contributed by atoms with E-state index in [1.807, 2.05) is 56.4 Å². The molecule has 3 N–H and O–H groups in total. The van der Waals surface area contributed by atoms with E-state index in [1.54, 1.807) is 6.20 Å². The normalized spacial score (nSPS) is 20.0. The quantitative estimate of drug-likeness (QED) is 0.503. The van der Waals surface area contributed by atoms with Gasteiger partial charge >= 0.3 is 0 Å². The Balaban J connectivity index is 1.40. The SMILES string of the molecule is C[C@@H](C(=O)N[C@H]1CC[C@H](Nc2cc(-c3c[nH]c4ncccc34)cc(Cl)n2)CC1)N(C)C. The smallest absolute Gasteiger partial charge is 0.237 e. The van der Waals surface area contributed by atoms with Gasteiger partial charge in [-0.25, -0.2) is 9.97 Å². The molecule has 7 nitrogen and oxygen atoms in total. The lowest BCUT2D eigenvalue weighted by atomic mass is 9.91. The average molecular weight is 441 g/mol. The summed E-state index contributed by atoms with van der Waals surface area (Å²) in [5, 5.41) is 8.24. The van der Waals surface area contributed by atoms with Gasteiger partial charge in [0.2, 0.25) is 5.91 Å². The summed E-state index contributed by atoms with van der Waals surface area (Å²) in [6.07, 6.45) is 7.57. The van der Waals surface area contributed by atoms with Crippen molar-refractivity contribution in [2.45, 2.75) is 50.7 Å². The van der Waals surface area contributed by atoms with Gasteiger partial charge in [-0.2, -0.15) is 0 Å². The van der Waals surface area contributed by atoms with Crippen molar-refractivity contribution in [3.05, 3.63) is 41.8 Å². The number of pyridine rings is 2. The number of amides is 1. The van der Waals surface area contributed by atoms with E-state index in [4.69, 9.17) is 11.6 Å². The molecule has 3 heterocycles. The van der Waals surface area contributed by atoms with Crippen LogP contribution >= 0.6 is 11.6 Å². The third-order valence-corrected chi connectivity index (χ3v) is 6.33. The monoisotopic (exact) mass is 440 g/mol. The minimum atomic E-state index is -0.121. The Morgan fingerprint density at radius 1 is 1.23 bits per heavy atom. The van der Waals surface area contributed by atoms with E-state index < -0.39 is 0 Å². The second-order valence-electron chi connectivity index (χ2n) is 8.51. The summed E-state index contributed by atoms with van der Waals surface area (Å²) >= 11 is 6.34. The molecule has 1 aliphatic rings. The Kier molecular flexibility index (Phi) is 6.43. The van der Waals surface area contributed by atoms with Crippen molar-refractivity contribution in [1.82, 2.24) is 25.2 Å². The zero-order valence-corrected chi connectivity index (χ0v) is 18.9. The van der Waals surface area contributed by atoms with Crippen molar-refractivity contribution in [3.8, 4) is 11.1 Å². The first-order valence-electron chi connectivity index (χ1n) is 10.7. The van der Waals surface area contributed by atoms with Gasteiger partial charge in [-0.05, 0) is 76.5 Å². The van der Waals surface area contributed by atoms with E-state index >= 15 is 0 Å². The topological polar surface area (TPSA) is 85.9 Å². The Morgan fingerprint density at radius 3 is 2.71 bits per heavy atom. The number of nitrogens with zero attached hydrogens (tertiary/aromatic N) is 3. The summed E-state index contributed by atoms with van der Waals surface area (Å²) < 4.78 is 0. The number of halogens is 1. The molecule has 31 heavy (non-hydrogen) atoms. The van der Waals surface area contributed by atoms with Crippen molar-refractivity contribution in [2.75, 3.05) is 19.4 Å². The first kappa shape index (κ1) is 21.6. The third kappa shape index (κ3) is 4.99. The van der Waals surface area contributed by atoms with Crippen LogP contribution in [0.4, 0.5) is 5.82 Å². The molecule has 1 amide bonds. The third-order valence-electron chi connectivity index (χ3n) is 6.14. The van der Waals surface area contributed by atoms with Crippen LogP contribution in [-0.4, -0.2) is 58.0 Å². The fraction of sp³-hybridized carbons (Fsp3) is 0.435. The molecule has 0 spiro atoms. The van der Waals surface area contributed by atoms with Crippen LogP contribution in [0, 0.1) is 0 Å². The molecule has 8 heteroatoms. The molecule has 0 aliphatic heterocycles. The Hall–Kier alpha value is -2.64. The predicted octanol–water partition coefficient (Wildman–Crippen LogP) is 4.07. The second-order valence-corrected chi connectivity index (χ2v) is 8.89. The maximum Gasteiger partial charge on any atom is 0.237 e. The van der Waals surface area contributed by atoms with Crippen LogP contribution in [0.5, 0.6) is 0 Å². The number of carbonyl (C=O) groups is 1. The maximum absolute atomic E-state index is 12.3. The van der Waals surface area contributed by atoms with Crippen molar-refractivity contribution in [2.24, 2.45) is 0 Å². The van der Waals surface area contributed by atoms with Gasteiger partial charge < -0.3 is 15.6 Å². The lowest BCUT2D eigenvalue weighted by Gasteiger charge is -2.31. The number of hydrogen-bond acceptors (Lipinski definition) is 5. The van der Waals surface area contributed by atoms with Gasteiger partial charge in [-0.15, -0.1) is 0 Å². The second kappa shape index (κ2) is 9.24. The Labute approximate surface area is 187 Å². The summed E-state index contributed by atoms with van der Waals surface area (Å²) in [6, 6.07) is 8.30. The number of aromatic nitrogens is 3. The van der Waals surface area contributed by atoms with Gasteiger partial charge in [0.25, 0.3) is 0 Å². The van der Waals surface area contributed by atoms with Crippen LogP contribution in [0.15, 0.2) is 36.7 Å². The number of carbonyl (C=O) groups excluding carboxylic acids is 1. The molecule has 164 valence electrons. The number of likely N-dealkylation sites (N-methyl/N-ethyl adjacent to an activating group) is 1. The first-order chi connectivity index (χ1) is 14.9. The van der Waals surface area contributed by atoms with E-state index in [1.165, 1.54) is 0 Å². The van der Waals surface area contributed by atoms with Crippen molar-refractivity contribution in [1.29, 1.82) is 0 Å². The highest BCUT2D eigenvalue weighted by Gasteiger charge is 2.25. The predicted molar refractivity (Wildman–Crippen MR) is 125 cm³/mol. The summed E-state index contributed by atoms with van der Waals surface area (Å²) in [4.78, 5) is 26.3.